The molecule has 2 aromatic rings. The average molecular weight is 318 g/mol. The Hall–Kier alpha value is -2.80. The number of aromatic nitrogens is 1. The van der Waals surface area contributed by atoms with Gasteiger partial charge in [-0.3, -0.25) is 9.59 Å². The van der Waals surface area contributed by atoms with Gasteiger partial charge in [-0.25, -0.2) is 0 Å². The SMILES string of the molecule is COc1cccc(NC(=O)Cn2cc(OC)c(=O)cc2CO)c1. The predicted octanol–water partition coefficient (Wildman–Crippen LogP) is 0.996. The van der Waals surface area contributed by atoms with Gasteiger partial charge in [-0.1, -0.05) is 6.07 Å². The van der Waals surface area contributed by atoms with Crippen LogP contribution < -0.4 is 20.2 Å². The molecule has 1 amide bonds. The van der Waals surface area contributed by atoms with Gasteiger partial charge in [0.15, 0.2) is 5.75 Å². The van der Waals surface area contributed by atoms with Crippen molar-refractivity contribution in [2.24, 2.45) is 0 Å². The minimum atomic E-state index is -0.355. The van der Waals surface area contributed by atoms with Crippen LogP contribution in [-0.4, -0.2) is 29.8 Å². The summed E-state index contributed by atoms with van der Waals surface area (Å²) >= 11 is 0. The Morgan fingerprint density at radius 2 is 2.04 bits per heavy atom. The molecule has 0 unspecified atom stereocenters. The van der Waals surface area contributed by atoms with Gasteiger partial charge in [-0.2, -0.15) is 0 Å². The lowest BCUT2D eigenvalue weighted by Crippen LogP contribution is -2.23. The maximum absolute atomic E-state index is 12.2. The lowest BCUT2D eigenvalue weighted by atomic mass is 10.3. The molecule has 0 saturated heterocycles. The normalized spacial score (nSPS) is 10.2. The Balaban J connectivity index is 2.17. The summed E-state index contributed by atoms with van der Waals surface area (Å²) in [6.45, 7) is -0.421. The second-order valence-electron chi connectivity index (χ2n) is 4.76. The number of nitrogens with zero attached hydrogens (tertiary/aromatic N) is 1. The summed E-state index contributed by atoms with van der Waals surface area (Å²) in [5.41, 5.74) is 0.575. The highest BCUT2D eigenvalue weighted by Crippen LogP contribution is 2.17. The number of hydrogen-bond donors (Lipinski definition) is 2. The molecule has 0 aliphatic heterocycles. The van der Waals surface area contributed by atoms with Crippen LogP contribution in [0.2, 0.25) is 0 Å². The number of hydrogen-bond acceptors (Lipinski definition) is 5. The van der Waals surface area contributed by atoms with Crippen molar-refractivity contribution in [1.82, 2.24) is 4.57 Å². The van der Waals surface area contributed by atoms with Crippen molar-refractivity contribution in [2.75, 3.05) is 19.5 Å². The third kappa shape index (κ3) is 4.10. The Morgan fingerprint density at radius 1 is 1.26 bits per heavy atom. The van der Waals surface area contributed by atoms with Crippen LogP contribution in [0.3, 0.4) is 0 Å². The summed E-state index contributed by atoms with van der Waals surface area (Å²) in [7, 11) is 2.91. The first-order valence-electron chi connectivity index (χ1n) is 6.89. The molecule has 23 heavy (non-hydrogen) atoms. The topological polar surface area (TPSA) is 89.8 Å². The number of carbonyl (C=O) groups is 1. The van der Waals surface area contributed by atoms with E-state index in [2.05, 4.69) is 5.32 Å². The van der Waals surface area contributed by atoms with E-state index in [0.717, 1.165) is 0 Å². The van der Waals surface area contributed by atoms with Crippen LogP contribution >= 0.6 is 0 Å². The molecule has 0 aliphatic rings. The van der Waals surface area contributed by atoms with E-state index in [-0.39, 0.29) is 30.2 Å². The van der Waals surface area contributed by atoms with Crippen molar-refractivity contribution < 1.29 is 19.4 Å². The summed E-state index contributed by atoms with van der Waals surface area (Å²) in [6, 6.07) is 8.20. The number of pyridine rings is 1. The number of aliphatic hydroxyl groups excluding tert-OH is 1. The van der Waals surface area contributed by atoms with E-state index in [1.165, 1.54) is 23.9 Å². The zero-order valence-electron chi connectivity index (χ0n) is 12.9. The Bertz CT molecular complexity index is 754. The zero-order valence-corrected chi connectivity index (χ0v) is 12.9. The summed E-state index contributed by atoms with van der Waals surface area (Å²) in [5.74, 6) is 0.430. The molecule has 1 aromatic heterocycles. The van der Waals surface area contributed by atoms with Crippen molar-refractivity contribution in [3.63, 3.8) is 0 Å². The van der Waals surface area contributed by atoms with Crippen LogP contribution in [-0.2, 0) is 17.9 Å². The van der Waals surface area contributed by atoms with Crippen molar-refractivity contribution in [3.05, 3.63) is 52.4 Å². The van der Waals surface area contributed by atoms with Gasteiger partial charge in [-0.05, 0) is 12.1 Å². The number of benzene rings is 1. The Morgan fingerprint density at radius 3 is 2.70 bits per heavy atom. The van der Waals surface area contributed by atoms with Crippen molar-refractivity contribution in [2.45, 2.75) is 13.2 Å². The molecular weight excluding hydrogens is 300 g/mol. The van der Waals surface area contributed by atoms with Crippen molar-refractivity contribution >= 4 is 11.6 Å². The largest absolute Gasteiger partial charge is 0.497 e. The lowest BCUT2D eigenvalue weighted by molar-refractivity contribution is -0.116. The fourth-order valence-corrected chi connectivity index (χ4v) is 2.09. The molecule has 0 aliphatic carbocycles. The molecule has 0 bridgehead atoms. The fraction of sp³-hybridized carbons (Fsp3) is 0.250. The van der Waals surface area contributed by atoms with E-state index >= 15 is 0 Å². The van der Waals surface area contributed by atoms with Gasteiger partial charge in [-0.15, -0.1) is 0 Å². The van der Waals surface area contributed by atoms with Crippen LogP contribution in [0.5, 0.6) is 11.5 Å². The van der Waals surface area contributed by atoms with Gasteiger partial charge in [0.2, 0.25) is 11.3 Å². The van der Waals surface area contributed by atoms with E-state index in [1.807, 2.05) is 0 Å². The molecule has 2 N–H and O–H groups in total. The van der Waals surface area contributed by atoms with Crippen LogP contribution in [0.4, 0.5) is 5.69 Å². The first-order chi connectivity index (χ1) is 11.1. The Labute approximate surface area is 133 Å². The van der Waals surface area contributed by atoms with E-state index in [4.69, 9.17) is 9.47 Å². The van der Waals surface area contributed by atoms with E-state index in [0.29, 0.717) is 17.1 Å². The van der Waals surface area contributed by atoms with Crippen LogP contribution in [0.25, 0.3) is 0 Å². The first-order valence-corrected chi connectivity index (χ1v) is 6.89. The second-order valence-corrected chi connectivity index (χ2v) is 4.76. The predicted molar refractivity (Wildman–Crippen MR) is 84.8 cm³/mol. The van der Waals surface area contributed by atoms with Crippen molar-refractivity contribution in [1.29, 1.82) is 0 Å². The number of rotatable bonds is 6. The molecule has 7 nitrogen and oxygen atoms in total. The van der Waals surface area contributed by atoms with E-state index in [1.54, 1.807) is 31.4 Å². The minimum Gasteiger partial charge on any atom is -0.497 e. The lowest BCUT2D eigenvalue weighted by Gasteiger charge is -2.13. The third-order valence-corrected chi connectivity index (χ3v) is 3.23. The number of amides is 1. The highest BCUT2D eigenvalue weighted by atomic mass is 16.5. The molecular formula is C16H18N2O5. The summed E-state index contributed by atoms with van der Waals surface area (Å²) in [4.78, 5) is 23.8. The van der Waals surface area contributed by atoms with Gasteiger partial charge in [0.1, 0.15) is 12.3 Å². The summed E-state index contributed by atoms with van der Waals surface area (Å²) in [5, 5.41) is 12.1. The molecule has 0 saturated carbocycles. The van der Waals surface area contributed by atoms with Crippen LogP contribution in [0.1, 0.15) is 5.69 Å². The number of anilines is 1. The van der Waals surface area contributed by atoms with Gasteiger partial charge < -0.3 is 24.5 Å². The molecule has 122 valence electrons. The van der Waals surface area contributed by atoms with Gasteiger partial charge in [0.05, 0.1) is 27.0 Å². The van der Waals surface area contributed by atoms with E-state index in [9.17, 15) is 14.7 Å². The first kappa shape index (κ1) is 16.6. The molecule has 0 fully saturated rings. The van der Waals surface area contributed by atoms with Gasteiger partial charge in [0, 0.05) is 23.5 Å². The highest BCUT2D eigenvalue weighted by Gasteiger charge is 2.10. The quantitative estimate of drug-likeness (QED) is 0.829. The van der Waals surface area contributed by atoms with Gasteiger partial charge >= 0.3 is 0 Å². The molecule has 2 rings (SSSR count). The maximum Gasteiger partial charge on any atom is 0.244 e. The molecule has 0 radical (unpaired) electrons. The van der Waals surface area contributed by atoms with Gasteiger partial charge in [0.25, 0.3) is 0 Å². The number of methoxy groups -OCH3 is 2. The standard InChI is InChI=1S/C16H18N2O5/c1-22-13-5-3-4-11(6-13)17-16(21)9-18-8-15(23-2)14(20)7-12(18)10-19/h3-8,19H,9-10H2,1-2H3,(H,17,21). The molecule has 0 spiro atoms. The number of ether oxygens (including phenoxy) is 2. The van der Waals surface area contributed by atoms with E-state index < -0.39 is 0 Å². The fourth-order valence-electron chi connectivity index (χ4n) is 2.09. The maximum atomic E-state index is 12.2. The molecule has 1 heterocycles. The molecule has 1 aromatic carbocycles. The smallest absolute Gasteiger partial charge is 0.244 e. The van der Waals surface area contributed by atoms with Crippen LogP contribution in [0.15, 0.2) is 41.3 Å². The number of carbonyl (C=O) groups excluding carboxylic acids is 1. The number of nitrogens with one attached hydrogen (secondary N) is 1. The zero-order chi connectivity index (χ0) is 16.8. The number of aliphatic hydroxyl groups is 1. The Kier molecular flexibility index (Phi) is 5.37. The average Bonchev–Trinajstić information content (AvgIpc) is 2.56. The van der Waals surface area contributed by atoms with Crippen molar-refractivity contribution in [3.8, 4) is 11.5 Å². The monoisotopic (exact) mass is 318 g/mol. The second kappa shape index (κ2) is 7.46. The molecule has 0 atom stereocenters. The third-order valence-electron chi connectivity index (χ3n) is 3.23. The summed E-state index contributed by atoms with van der Waals surface area (Å²) in [6.07, 6.45) is 1.40. The van der Waals surface area contributed by atoms with Crippen LogP contribution in [0, 0.1) is 0 Å². The minimum absolute atomic E-state index is 0.0657. The highest BCUT2D eigenvalue weighted by molar-refractivity contribution is 5.90. The summed E-state index contributed by atoms with van der Waals surface area (Å²) < 4.78 is 11.5. The molecule has 7 heteroatoms.